The van der Waals surface area contributed by atoms with Crippen LogP contribution in [-0.2, 0) is 11.3 Å². The second-order valence-electron chi connectivity index (χ2n) is 6.83. The van der Waals surface area contributed by atoms with Gasteiger partial charge in [-0.05, 0) is 54.1 Å². The Morgan fingerprint density at radius 2 is 1.61 bits per heavy atom. The Hall–Kier alpha value is -4.19. The second-order valence-corrected chi connectivity index (χ2v) is 6.83. The zero-order valence-electron chi connectivity index (χ0n) is 17.2. The van der Waals surface area contributed by atoms with E-state index >= 15 is 0 Å². The highest BCUT2D eigenvalue weighted by atomic mass is 16.5. The summed E-state index contributed by atoms with van der Waals surface area (Å²) in [5.41, 5.74) is 9.99. The van der Waals surface area contributed by atoms with Gasteiger partial charge in [-0.1, -0.05) is 37.5 Å². The zero-order valence-corrected chi connectivity index (χ0v) is 17.2. The van der Waals surface area contributed by atoms with Crippen LogP contribution in [0, 0.1) is 11.8 Å². The predicted octanol–water partition coefficient (Wildman–Crippen LogP) is 2.29. The summed E-state index contributed by atoms with van der Waals surface area (Å²) in [4.78, 5) is 27.9. The van der Waals surface area contributed by atoms with Gasteiger partial charge in [0.25, 0.3) is 11.8 Å². The van der Waals surface area contributed by atoms with Crippen LogP contribution in [0.3, 0.4) is 0 Å². The minimum absolute atomic E-state index is 0. The molecule has 0 aliphatic carbocycles. The highest BCUT2D eigenvalue weighted by Crippen LogP contribution is 2.08. The van der Waals surface area contributed by atoms with Gasteiger partial charge < -0.3 is 16.4 Å². The lowest BCUT2D eigenvalue weighted by Gasteiger charge is -2.14. The normalized spacial score (nSPS) is 10.6. The number of amides is 2. The van der Waals surface area contributed by atoms with E-state index in [-0.39, 0.29) is 14.0 Å². The minimum Gasteiger partial charge on any atom is -0.366 e. The van der Waals surface area contributed by atoms with Crippen molar-refractivity contribution in [3.8, 4) is 11.8 Å². The first kappa shape index (κ1) is 25.1. The van der Waals surface area contributed by atoms with Crippen LogP contribution in [0.5, 0.6) is 0 Å². The third kappa shape index (κ3) is 7.47. The van der Waals surface area contributed by atoms with Gasteiger partial charge in [-0.15, -0.1) is 0 Å². The number of nitrogens with two attached hydrogens (primary N) is 1. The van der Waals surface area contributed by atoms with Crippen molar-refractivity contribution in [3.05, 3.63) is 95.2 Å². The molecule has 3 aromatic rings. The molecule has 0 bridgehead atoms. The predicted molar refractivity (Wildman–Crippen MR) is 127 cm³/mol. The molecule has 0 aliphatic rings. The number of pyridine rings is 1. The average molecular weight is 446 g/mol. The van der Waals surface area contributed by atoms with Crippen LogP contribution in [0.2, 0.25) is 0 Å². The summed E-state index contributed by atoms with van der Waals surface area (Å²) in [6, 6.07) is 19.3. The average Bonchev–Trinajstić information content (AvgIpc) is 2.85. The Bertz CT molecular complexity index is 1100. The maximum atomic E-state index is 12.2. The lowest BCUT2D eigenvalue weighted by molar-refractivity contribution is -0.130. The molecular formula is C25H27N5O3. The van der Waals surface area contributed by atoms with E-state index in [1.54, 1.807) is 30.5 Å². The van der Waals surface area contributed by atoms with Gasteiger partial charge in [0.15, 0.2) is 0 Å². The Kier molecular flexibility index (Phi) is 9.58. The van der Waals surface area contributed by atoms with Crippen LogP contribution in [0.4, 0.5) is 5.82 Å². The van der Waals surface area contributed by atoms with E-state index in [2.05, 4.69) is 27.5 Å². The number of nitrogens with one attached hydrogen (secondary N) is 3. The zero-order chi connectivity index (χ0) is 22.8. The number of hydrogen-bond donors (Lipinski definition) is 5. The summed E-state index contributed by atoms with van der Waals surface area (Å²) >= 11 is 0. The van der Waals surface area contributed by atoms with E-state index in [1.807, 2.05) is 42.5 Å². The molecule has 0 saturated carbocycles. The first-order valence-electron chi connectivity index (χ1n) is 9.90. The number of hydroxylamine groups is 1. The van der Waals surface area contributed by atoms with E-state index in [0.29, 0.717) is 12.1 Å². The van der Waals surface area contributed by atoms with Crippen LogP contribution in [0.1, 0.15) is 34.5 Å². The number of aromatic nitrogens is 1. The summed E-state index contributed by atoms with van der Waals surface area (Å²) in [5.74, 6) is 5.73. The third-order valence-electron chi connectivity index (χ3n) is 4.56. The maximum Gasteiger partial charge on any atom is 0.267 e. The summed E-state index contributed by atoms with van der Waals surface area (Å²) in [6.45, 7) is 0.527. The van der Waals surface area contributed by atoms with E-state index < -0.39 is 17.9 Å². The molecule has 1 heterocycles. The van der Waals surface area contributed by atoms with Gasteiger partial charge >= 0.3 is 0 Å². The molecular weight excluding hydrogens is 418 g/mol. The maximum absolute atomic E-state index is 12.2. The van der Waals surface area contributed by atoms with Gasteiger partial charge in [0.2, 0.25) is 0 Å². The number of rotatable bonds is 7. The number of carbonyl (C=O) groups excluding carboxylic acids is 2. The van der Waals surface area contributed by atoms with Crippen molar-refractivity contribution in [1.29, 1.82) is 0 Å². The quantitative estimate of drug-likeness (QED) is 0.216. The molecule has 1 atom stereocenters. The first-order valence-corrected chi connectivity index (χ1v) is 9.90. The van der Waals surface area contributed by atoms with Crippen LogP contribution < -0.4 is 21.8 Å². The van der Waals surface area contributed by atoms with Crippen LogP contribution >= 0.6 is 0 Å². The van der Waals surface area contributed by atoms with Gasteiger partial charge in [0, 0.05) is 36.0 Å². The Labute approximate surface area is 193 Å². The Balaban J connectivity index is 0.00000385. The molecule has 0 aliphatic heterocycles. The third-order valence-corrected chi connectivity index (χ3v) is 4.56. The molecule has 6 N–H and O–H groups in total. The molecule has 2 amide bonds. The molecule has 0 spiro atoms. The molecule has 8 heteroatoms. The van der Waals surface area contributed by atoms with E-state index in [1.165, 1.54) is 5.48 Å². The molecule has 0 radical (unpaired) electrons. The van der Waals surface area contributed by atoms with Crippen molar-refractivity contribution in [3.63, 3.8) is 0 Å². The van der Waals surface area contributed by atoms with Gasteiger partial charge in [-0.3, -0.25) is 14.8 Å². The van der Waals surface area contributed by atoms with Crippen molar-refractivity contribution in [1.82, 2.24) is 15.8 Å². The van der Waals surface area contributed by atoms with Crippen molar-refractivity contribution >= 4 is 17.6 Å². The number of hydrogen-bond acceptors (Lipinski definition) is 6. The number of carbonyl (C=O) groups is 2. The fourth-order valence-corrected chi connectivity index (χ4v) is 2.77. The SMILES string of the molecule is C.NC[C@H](NC(=O)c1ccc(C#Cc2ccc(CNc3ccccn3)cc2)cc1)C(=O)NO. The molecule has 170 valence electrons. The highest BCUT2D eigenvalue weighted by Gasteiger charge is 2.19. The lowest BCUT2D eigenvalue weighted by atomic mass is 10.1. The van der Waals surface area contributed by atoms with Crippen LogP contribution in [0.25, 0.3) is 0 Å². The summed E-state index contributed by atoms with van der Waals surface area (Å²) in [6.07, 6.45) is 1.74. The monoisotopic (exact) mass is 445 g/mol. The highest BCUT2D eigenvalue weighted by molar-refractivity contribution is 5.97. The van der Waals surface area contributed by atoms with Gasteiger partial charge in [0.05, 0.1) is 0 Å². The molecule has 3 rings (SSSR count). The van der Waals surface area contributed by atoms with E-state index in [4.69, 9.17) is 10.9 Å². The molecule has 0 fully saturated rings. The fraction of sp³-hybridized carbons (Fsp3) is 0.160. The van der Waals surface area contributed by atoms with E-state index in [0.717, 1.165) is 22.5 Å². The second kappa shape index (κ2) is 12.6. The van der Waals surface area contributed by atoms with Crippen molar-refractivity contribution < 1.29 is 14.8 Å². The van der Waals surface area contributed by atoms with Gasteiger partial charge in [-0.2, -0.15) is 0 Å². The first-order chi connectivity index (χ1) is 15.6. The molecule has 0 unspecified atom stereocenters. The molecule has 8 nitrogen and oxygen atoms in total. The van der Waals surface area contributed by atoms with Crippen molar-refractivity contribution in [2.45, 2.75) is 20.0 Å². The van der Waals surface area contributed by atoms with Gasteiger partial charge in [-0.25, -0.2) is 10.5 Å². The lowest BCUT2D eigenvalue weighted by Crippen LogP contribution is -2.50. The topological polar surface area (TPSA) is 129 Å². The molecule has 1 aromatic heterocycles. The van der Waals surface area contributed by atoms with Gasteiger partial charge in [0.1, 0.15) is 11.9 Å². The van der Waals surface area contributed by atoms with Crippen LogP contribution in [-0.4, -0.2) is 34.6 Å². The molecule has 0 saturated heterocycles. The van der Waals surface area contributed by atoms with Crippen molar-refractivity contribution in [2.75, 3.05) is 11.9 Å². The number of nitrogens with zero attached hydrogens (tertiary/aromatic N) is 1. The largest absolute Gasteiger partial charge is 0.366 e. The molecule has 2 aromatic carbocycles. The summed E-state index contributed by atoms with van der Waals surface area (Å²) in [5, 5.41) is 14.4. The Morgan fingerprint density at radius 1 is 0.970 bits per heavy atom. The summed E-state index contributed by atoms with van der Waals surface area (Å²) < 4.78 is 0. The fourth-order valence-electron chi connectivity index (χ4n) is 2.77. The smallest absolute Gasteiger partial charge is 0.267 e. The summed E-state index contributed by atoms with van der Waals surface area (Å²) in [7, 11) is 0. The number of benzene rings is 2. The molecule has 33 heavy (non-hydrogen) atoms. The van der Waals surface area contributed by atoms with Crippen LogP contribution in [0.15, 0.2) is 72.9 Å². The standard InChI is InChI=1S/C24H23N5O3.CH4/c25-15-21(24(31)29-32)28-23(30)20-12-10-18(11-13-20)5-4-17-6-8-19(9-7-17)16-27-22-3-1-2-14-26-22;/h1-3,6-14,21,32H,15-16,25H2,(H,26,27)(H,28,30)(H,29,31);1H4/t21-;/m0./s1. The van der Waals surface area contributed by atoms with Crippen molar-refractivity contribution in [2.24, 2.45) is 5.73 Å². The number of anilines is 1. The minimum atomic E-state index is -1.02. The Morgan fingerprint density at radius 3 is 2.15 bits per heavy atom. The van der Waals surface area contributed by atoms with E-state index in [9.17, 15) is 9.59 Å².